The summed E-state index contributed by atoms with van der Waals surface area (Å²) in [6, 6.07) is 4.10. The molecule has 3 rings (SSSR count). The van der Waals surface area contributed by atoms with Crippen molar-refractivity contribution in [1.82, 2.24) is 10.3 Å². The third-order valence-corrected chi connectivity index (χ3v) is 3.69. The fourth-order valence-electron chi connectivity index (χ4n) is 2.37. The van der Waals surface area contributed by atoms with E-state index in [1.54, 1.807) is 0 Å². The number of ether oxygens (including phenoxy) is 1. The molecule has 2 aromatic rings. The first kappa shape index (κ1) is 14.9. The average Bonchev–Trinajstić information content (AvgIpc) is 3.10. The molecule has 8 heteroatoms. The second-order valence-electron chi connectivity index (χ2n) is 5.03. The van der Waals surface area contributed by atoms with Gasteiger partial charge in [-0.15, -0.1) is 10.2 Å². The molecule has 1 saturated heterocycles. The predicted molar refractivity (Wildman–Crippen MR) is 84.0 cm³/mol. The highest BCUT2D eigenvalue weighted by molar-refractivity contribution is 7.80. The standard InChI is InChI=1S/C14H15FN4O2S/c15-8-3-4-11-10(6-8)12(13(20)17-11)18-19-14(22)16-7-9-2-1-5-21-9/h3-4,6,9,17,20H,1-2,5,7H2,(H,16,22)/t9-/m1/s1. The number of aromatic nitrogens is 1. The molecule has 0 saturated carbocycles. The highest BCUT2D eigenvalue weighted by atomic mass is 32.1. The monoisotopic (exact) mass is 322 g/mol. The number of H-pyrrole nitrogens is 1. The Morgan fingerprint density at radius 3 is 3.18 bits per heavy atom. The second-order valence-corrected chi connectivity index (χ2v) is 5.42. The third kappa shape index (κ3) is 3.23. The van der Waals surface area contributed by atoms with Gasteiger partial charge in [-0.25, -0.2) is 4.39 Å². The first-order chi connectivity index (χ1) is 10.6. The maximum atomic E-state index is 13.3. The van der Waals surface area contributed by atoms with Crippen LogP contribution in [0.3, 0.4) is 0 Å². The van der Waals surface area contributed by atoms with Gasteiger partial charge in [0.1, 0.15) is 5.82 Å². The number of rotatable bonds is 3. The van der Waals surface area contributed by atoms with Crippen LogP contribution < -0.4 is 5.32 Å². The van der Waals surface area contributed by atoms with Crippen molar-refractivity contribution in [2.75, 3.05) is 13.2 Å². The van der Waals surface area contributed by atoms with Crippen molar-refractivity contribution < 1.29 is 14.2 Å². The lowest BCUT2D eigenvalue weighted by molar-refractivity contribution is 0.114. The molecular weight excluding hydrogens is 307 g/mol. The van der Waals surface area contributed by atoms with Crippen LogP contribution in [0.1, 0.15) is 12.8 Å². The maximum Gasteiger partial charge on any atom is 0.218 e. The number of aromatic hydroxyl groups is 1. The van der Waals surface area contributed by atoms with E-state index in [4.69, 9.17) is 17.0 Å². The lowest BCUT2D eigenvalue weighted by Gasteiger charge is -2.09. The molecule has 0 unspecified atom stereocenters. The predicted octanol–water partition coefficient (Wildman–Crippen LogP) is 3.15. The number of aromatic amines is 1. The molecule has 1 atom stereocenters. The Kier molecular flexibility index (Phi) is 4.30. The van der Waals surface area contributed by atoms with Gasteiger partial charge in [-0.05, 0) is 43.3 Å². The number of nitrogens with one attached hydrogen (secondary N) is 2. The quantitative estimate of drug-likeness (QED) is 0.599. The molecule has 116 valence electrons. The van der Waals surface area contributed by atoms with Gasteiger partial charge in [0.25, 0.3) is 0 Å². The van der Waals surface area contributed by atoms with Crippen molar-refractivity contribution >= 4 is 33.9 Å². The molecule has 1 aromatic carbocycles. The summed E-state index contributed by atoms with van der Waals surface area (Å²) in [5, 5.41) is 21.2. The molecule has 0 radical (unpaired) electrons. The highest BCUT2D eigenvalue weighted by Crippen LogP contribution is 2.35. The van der Waals surface area contributed by atoms with Crippen LogP contribution in [0, 0.1) is 5.82 Å². The fourth-order valence-corrected chi connectivity index (χ4v) is 2.50. The number of hydrogen-bond acceptors (Lipinski definition) is 4. The topological polar surface area (TPSA) is 82.0 Å². The van der Waals surface area contributed by atoms with Crippen molar-refractivity contribution in [3.8, 4) is 5.88 Å². The van der Waals surface area contributed by atoms with Gasteiger partial charge in [0.2, 0.25) is 11.0 Å². The average molecular weight is 322 g/mol. The number of fused-ring (bicyclic) bond motifs is 1. The molecule has 0 aliphatic carbocycles. The molecule has 3 N–H and O–H groups in total. The van der Waals surface area contributed by atoms with Gasteiger partial charge >= 0.3 is 0 Å². The second kappa shape index (κ2) is 6.37. The van der Waals surface area contributed by atoms with E-state index in [9.17, 15) is 9.50 Å². The van der Waals surface area contributed by atoms with Crippen molar-refractivity contribution in [1.29, 1.82) is 0 Å². The van der Waals surface area contributed by atoms with E-state index in [1.165, 1.54) is 18.2 Å². The number of nitrogens with zero attached hydrogens (tertiary/aromatic N) is 2. The molecule has 1 fully saturated rings. The van der Waals surface area contributed by atoms with Crippen LogP contribution in [0.15, 0.2) is 28.4 Å². The zero-order valence-electron chi connectivity index (χ0n) is 11.7. The number of azo groups is 1. The Morgan fingerprint density at radius 1 is 1.55 bits per heavy atom. The van der Waals surface area contributed by atoms with Gasteiger partial charge in [-0.2, -0.15) is 0 Å². The van der Waals surface area contributed by atoms with E-state index in [1.807, 2.05) is 0 Å². The maximum absolute atomic E-state index is 13.3. The molecule has 0 bridgehead atoms. The van der Waals surface area contributed by atoms with Crippen molar-refractivity contribution in [3.05, 3.63) is 24.0 Å². The molecule has 22 heavy (non-hydrogen) atoms. The number of thiocarbonyl (C=S) groups is 1. The van der Waals surface area contributed by atoms with E-state index < -0.39 is 5.82 Å². The highest BCUT2D eigenvalue weighted by Gasteiger charge is 2.15. The minimum atomic E-state index is -0.415. The normalized spacial score (nSPS) is 18.3. The molecule has 2 heterocycles. The molecule has 0 amide bonds. The van der Waals surface area contributed by atoms with Gasteiger partial charge in [0.05, 0.1) is 11.6 Å². The zero-order valence-corrected chi connectivity index (χ0v) is 12.5. The Bertz CT molecular complexity index is 725. The molecule has 6 nitrogen and oxygen atoms in total. The summed E-state index contributed by atoms with van der Waals surface area (Å²) in [5.41, 5.74) is 0.738. The third-order valence-electron chi connectivity index (χ3n) is 3.46. The zero-order chi connectivity index (χ0) is 15.5. The van der Waals surface area contributed by atoms with Crippen molar-refractivity contribution in [3.63, 3.8) is 0 Å². The molecule has 1 aliphatic heterocycles. The van der Waals surface area contributed by atoms with Crippen LogP contribution in [0.5, 0.6) is 5.88 Å². The van der Waals surface area contributed by atoms with E-state index in [0.29, 0.717) is 17.4 Å². The van der Waals surface area contributed by atoms with Crippen molar-refractivity contribution in [2.24, 2.45) is 10.2 Å². The van der Waals surface area contributed by atoms with Crippen LogP contribution in [0.4, 0.5) is 10.1 Å². The summed E-state index contributed by atoms with van der Waals surface area (Å²) in [5.74, 6) is -0.590. The van der Waals surface area contributed by atoms with Gasteiger partial charge in [-0.1, -0.05) is 0 Å². The molecular formula is C14H15FN4O2S. The van der Waals surface area contributed by atoms with E-state index in [0.717, 1.165) is 19.4 Å². The largest absolute Gasteiger partial charge is 0.493 e. The van der Waals surface area contributed by atoms with E-state index in [-0.39, 0.29) is 22.8 Å². The van der Waals surface area contributed by atoms with Gasteiger partial charge in [0, 0.05) is 18.5 Å². The van der Waals surface area contributed by atoms with Crippen molar-refractivity contribution in [2.45, 2.75) is 18.9 Å². The summed E-state index contributed by atoms with van der Waals surface area (Å²) in [6.07, 6.45) is 2.19. The number of benzene rings is 1. The SMILES string of the molecule is Oc1[nH]c2ccc(F)cc2c1N=NC(=S)NC[C@H]1CCCO1. The van der Waals surface area contributed by atoms with Gasteiger partial charge < -0.3 is 20.1 Å². The summed E-state index contributed by atoms with van der Waals surface area (Å²) in [7, 11) is 0. The first-order valence-electron chi connectivity index (χ1n) is 6.95. The molecule has 1 aromatic heterocycles. The summed E-state index contributed by atoms with van der Waals surface area (Å²) < 4.78 is 18.8. The lowest BCUT2D eigenvalue weighted by atomic mass is 10.2. The Balaban J connectivity index is 1.70. The summed E-state index contributed by atoms with van der Waals surface area (Å²) in [6.45, 7) is 1.35. The Labute approximate surface area is 131 Å². The fraction of sp³-hybridized carbons (Fsp3) is 0.357. The number of hydrogen-bond donors (Lipinski definition) is 3. The van der Waals surface area contributed by atoms with Crippen LogP contribution in [0.2, 0.25) is 0 Å². The van der Waals surface area contributed by atoms with Gasteiger partial charge in [0.15, 0.2) is 5.69 Å². The summed E-state index contributed by atoms with van der Waals surface area (Å²) >= 11 is 5.06. The summed E-state index contributed by atoms with van der Waals surface area (Å²) in [4.78, 5) is 2.71. The molecule has 0 spiro atoms. The van der Waals surface area contributed by atoms with E-state index >= 15 is 0 Å². The van der Waals surface area contributed by atoms with Crippen LogP contribution in [-0.4, -0.2) is 34.5 Å². The number of halogens is 1. The van der Waals surface area contributed by atoms with Crippen LogP contribution in [0.25, 0.3) is 10.9 Å². The van der Waals surface area contributed by atoms with Crippen LogP contribution >= 0.6 is 12.2 Å². The van der Waals surface area contributed by atoms with E-state index in [2.05, 4.69) is 20.5 Å². The van der Waals surface area contributed by atoms with Gasteiger partial charge in [-0.3, -0.25) is 0 Å². The molecule has 1 aliphatic rings. The minimum absolute atomic E-state index is 0.142. The smallest absolute Gasteiger partial charge is 0.218 e. The lowest BCUT2D eigenvalue weighted by Crippen LogP contribution is -2.29. The minimum Gasteiger partial charge on any atom is -0.493 e. The van der Waals surface area contributed by atoms with Crippen LogP contribution in [-0.2, 0) is 4.74 Å². The Hall–Kier alpha value is -2.06. The Morgan fingerprint density at radius 2 is 2.41 bits per heavy atom. The first-order valence-corrected chi connectivity index (χ1v) is 7.35.